The number of ether oxygens (including phenoxy) is 2. The van der Waals surface area contributed by atoms with Gasteiger partial charge in [-0.05, 0) is 0 Å². The van der Waals surface area contributed by atoms with E-state index in [0.29, 0.717) is 0 Å². The van der Waals surface area contributed by atoms with Gasteiger partial charge in [-0.15, -0.1) is 0 Å². The Hall–Kier alpha value is -0.730. The molecule has 1 heterocycles. The summed E-state index contributed by atoms with van der Waals surface area (Å²) in [5.74, 6) is -0.695. The van der Waals surface area contributed by atoms with Crippen LogP contribution in [0.2, 0.25) is 0 Å². The van der Waals surface area contributed by atoms with Gasteiger partial charge in [-0.2, -0.15) is 0 Å². The second-order valence-corrected chi connectivity index (χ2v) is 3.31. The first kappa shape index (κ1) is 12.3. The van der Waals surface area contributed by atoms with Crippen LogP contribution in [-0.2, 0) is 14.3 Å². The number of hydrogen-bond acceptors (Lipinski definition) is 7. The lowest BCUT2D eigenvalue weighted by molar-refractivity contribution is -0.292. The van der Waals surface area contributed by atoms with Crippen molar-refractivity contribution in [3.8, 4) is 0 Å². The molecule has 4 N–H and O–H groups in total. The Morgan fingerprint density at radius 3 is 2.33 bits per heavy atom. The minimum absolute atomic E-state index is 0.553. The van der Waals surface area contributed by atoms with E-state index in [1.165, 1.54) is 0 Å². The molecular weight excluding hydrogens is 208 g/mol. The first-order valence-corrected chi connectivity index (χ1v) is 4.45. The zero-order chi connectivity index (χ0) is 11.6. The standard InChI is InChI=1S/C8H14O7/c1-3(10)14-8-7(13)6(12)5(11)4(2-9)15-8/h4-9,11-13H,2H2,1H3/t4-,5-,6+,7+,8+/m1/s1. The lowest BCUT2D eigenvalue weighted by atomic mass is 9.99. The number of carbonyl (C=O) groups excluding carboxylic acids is 1. The van der Waals surface area contributed by atoms with Gasteiger partial charge in [0.25, 0.3) is 0 Å². The topological polar surface area (TPSA) is 116 Å². The quantitative estimate of drug-likeness (QED) is 0.377. The largest absolute Gasteiger partial charge is 0.433 e. The van der Waals surface area contributed by atoms with Gasteiger partial charge < -0.3 is 29.9 Å². The van der Waals surface area contributed by atoms with Crippen molar-refractivity contribution in [2.75, 3.05) is 6.61 Å². The minimum atomic E-state index is -1.54. The van der Waals surface area contributed by atoms with Gasteiger partial charge in [0.15, 0.2) is 0 Å². The van der Waals surface area contributed by atoms with Crippen molar-refractivity contribution in [1.29, 1.82) is 0 Å². The summed E-state index contributed by atoms with van der Waals surface area (Å²) in [4.78, 5) is 10.6. The Morgan fingerprint density at radius 2 is 1.87 bits per heavy atom. The molecule has 5 atom stereocenters. The molecule has 15 heavy (non-hydrogen) atoms. The van der Waals surface area contributed by atoms with Crippen LogP contribution in [0.5, 0.6) is 0 Å². The van der Waals surface area contributed by atoms with Gasteiger partial charge in [0, 0.05) is 6.92 Å². The Balaban J connectivity index is 2.69. The number of aliphatic hydroxyl groups is 4. The smallest absolute Gasteiger partial charge is 0.305 e. The molecule has 0 aromatic heterocycles. The molecular formula is C8H14O7. The van der Waals surface area contributed by atoms with E-state index in [1.807, 2.05) is 0 Å². The molecule has 0 aromatic carbocycles. The van der Waals surface area contributed by atoms with Crippen LogP contribution in [0.15, 0.2) is 0 Å². The summed E-state index contributed by atoms with van der Waals surface area (Å²) in [6.45, 7) is 0.560. The molecule has 0 aliphatic carbocycles. The highest BCUT2D eigenvalue weighted by molar-refractivity contribution is 5.66. The Kier molecular flexibility index (Phi) is 4.00. The second-order valence-electron chi connectivity index (χ2n) is 3.31. The predicted molar refractivity (Wildman–Crippen MR) is 45.5 cm³/mol. The summed E-state index contributed by atoms with van der Waals surface area (Å²) >= 11 is 0. The molecule has 0 amide bonds. The van der Waals surface area contributed by atoms with E-state index in [4.69, 9.17) is 9.84 Å². The third-order valence-corrected chi connectivity index (χ3v) is 2.13. The molecule has 0 radical (unpaired) electrons. The zero-order valence-corrected chi connectivity index (χ0v) is 8.11. The Labute approximate surface area is 85.9 Å². The van der Waals surface area contributed by atoms with Crippen LogP contribution in [-0.4, -0.2) is 63.7 Å². The monoisotopic (exact) mass is 222 g/mol. The number of esters is 1. The molecule has 0 bridgehead atoms. The zero-order valence-electron chi connectivity index (χ0n) is 8.11. The fourth-order valence-electron chi connectivity index (χ4n) is 1.33. The summed E-state index contributed by atoms with van der Waals surface area (Å²) in [6, 6.07) is 0. The molecule has 7 nitrogen and oxygen atoms in total. The molecule has 1 aliphatic heterocycles. The van der Waals surface area contributed by atoms with Crippen LogP contribution in [0.1, 0.15) is 6.92 Å². The lowest BCUT2D eigenvalue weighted by Gasteiger charge is -2.38. The van der Waals surface area contributed by atoms with Gasteiger partial charge in [0.2, 0.25) is 6.29 Å². The van der Waals surface area contributed by atoms with E-state index in [0.717, 1.165) is 6.92 Å². The van der Waals surface area contributed by atoms with Crippen molar-refractivity contribution in [3.05, 3.63) is 0 Å². The molecule has 0 unspecified atom stereocenters. The van der Waals surface area contributed by atoms with Crippen LogP contribution in [0.4, 0.5) is 0 Å². The van der Waals surface area contributed by atoms with E-state index in [-0.39, 0.29) is 0 Å². The molecule has 1 aliphatic rings. The number of carbonyl (C=O) groups is 1. The Bertz CT molecular complexity index is 229. The van der Waals surface area contributed by atoms with Gasteiger partial charge in [0.1, 0.15) is 24.4 Å². The van der Waals surface area contributed by atoms with Crippen molar-refractivity contribution in [2.24, 2.45) is 0 Å². The molecule has 1 rings (SSSR count). The lowest BCUT2D eigenvalue weighted by Crippen LogP contribution is -2.59. The highest BCUT2D eigenvalue weighted by Gasteiger charge is 2.44. The average molecular weight is 222 g/mol. The number of hydrogen-bond donors (Lipinski definition) is 4. The summed E-state index contributed by atoms with van der Waals surface area (Å²) < 4.78 is 9.45. The third-order valence-electron chi connectivity index (χ3n) is 2.13. The van der Waals surface area contributed by atoms with E-state index >= 15 is 0 Å². The van der Waals surface area contributed by atoms with Gasteiger partial charge in [-0.1, -0.05) is 0 Å². The Morgan fingerprint density at radius 1 is 1.27 bits per heavy atom. The van der Waals surface area contributed by atoms with Crippen LogP contribution >= 0.6 is 0 Å². The van der Waals surface area contributed by atoms with Crippen LogP contribution < -0.4 is 0 Å². The van der Waals surface area contributed by atoms with Crippen molar-refractivity contribution < 1.29 is 34.7 Å². The SMILES string of the molecule is CC(=O)O[C@H]1O[C@H](CO)[C@@H](O)[C@H](O)[C@@H]1O. The van der Waals surface area contributed by atoms with E-state index < -0.39 is 43.3 Å². The predicted octanol–water partition coefficient (Wildman–Crippen LogP) is -2.65. The molecule has 88 valence electrons. The van der Waals surface area contributed by atoms with Gasteiger partial charge in [0.05, 0.1) is 6.61 Å². The van der Waals surface area contributed by atoms with E-state index in [2.05, 4.69) is 4.74 Å². The minimum Gasteiger partial charge on any atom is -0.433 e. The molecule has 0 spiro atoms. The highest BCUT2D eigenvalue weighted by atomic mass is 16.7. The number of rotatable bonds is 2. The maximum atomic E-state index is 10.6. The van der Waals surface area contributed by atoms with Crippen molar-refractivity contribution in [1.82, 2.24) is 0 Å². The maximum Gasteiger partial charge on any atom is 0.305 e. The summed E-state index contributed by atoms with van der Waals surface area (Å²) in [6.07, 6.45) is -6.95. The summed E-state index contributed by atoms with van der Waals surface area (Å²) in [5, 5.41) is 36.8. The molecule has 0 aromatic rings. The van der Waals surface area contributed by atoms with Gasteiger partial charge in [-0.3, -0.25) is 4.79 Å². The fourth-order valence-corrected chi connectivity index (χ4v) is 1.33. The van der Waals surface area contributed by atoms with Crippen LogP contribution in [0, 0.1) is 0 Å². The molecule has 1 fully saturated rings. The summed E-state index contributed by atoms with van der Waals surface area (Å²) in [7, 11) is 0. The first-order valence-electron chi connectivity index (χ1n) is 4.45. The van der Waals surface area contributed by atoms with Crippen molar-refractivity contribution in [3.63, 3.8) is 0 Å². The van der Waals surface area contributed by atoms with Crippen molar-refractivity contribution >= 4 is 5.97 Å². The molecule has 1 saturated heterocycles. The fraction of sp³-hybridized carbons (Fsp3) is 0.875. The molecule has 0 saturated carbocycles. The highest BCUT2D eigenvalue weighted by Crippen LogP contribution is 2.21. The number of aliphatic hydroxyl groups excluding tert-OH is 4. The van der Waals surface area contributed by atoms with Crippen LogP contribution in [0.3, 0.4) is 0 Å². The molecule has 7 heteroatoms. The first-order chi connectivity index (χ1) is 6.97. The third kappa shape index (κ3) is 2.64. The van der Waals surface area contributed by atoms with E-state index in [9.17, 15) is 20.1 Å². The average Bonchev–Trinajstić information content (AvgIpc) is 2.18. The van der Waals surface area contributed by atoms with Crippen LogP contribution in [0.25, 0.3) is 0 Å². The van der Waals surface area contributed by atoms with Gasteiger partial charge in [-0.25, -0.2) is 0 Å². The van der Waals surface area contributed by atoms with Crippen molar-refractivity contribution in [2.45, 2.75) is 37.6 Å². The second kappa shape index (κ2) is 4.86. The maximum absolute atomic E-state index is 10.6. The van der Waals surface area contributed by atoms with E-state index in [1.54, 1.807) is 0 Å². The normalized spacial score (nSPS) is 41.3. The van der Waals surface area contributed by atoms with Gasteiger partial charge >= 0.3 is 5.97 Å². The summed E-state index contributed by atoms with van der Waals surface area (Å²) in [5.41, 5.74) is 0.